The third-order valence-corrected chi connectivity index (χ3v) is 8.52. The van der Waals surface area contributed by atoms with Gasteiger partial charge in [0, 0.05) is 11.6 Å². The minimum absolute atomic E-state index is 0. The van der Waals surface area contributed by atoms with Gasteiger partial charge in [-0.3, -0.25) is 9.59 Å². The molecule has 4 aromatic rings. The summed E-state index contributed by atoms with van der Waals surface area (Å²) in [5.41, 5.74) is 2.99. The van der Waals surface area contributed by atoms with Gasteiger partial charge in [-0.05, 0) is 78.0 Å². The van der Waals surface area contributed by atoms with Crippen LogP contribution in [0.2, 0.25) is 0 Å². The van der Waals surface area contributed by atoms with Crippen LogP contribution in [0, 0.1) is 23.0 Å². The van der Waals surface area contributed by atoms with Crippen LogP contribution in [-0.4, -0.2) is 24.8 Å². The van der Waals surface area contributed by atoms with Crippen molar-refractivity contribution >= 4 is 28.5 Å². The fourth-order valence-corrected chi connectivity index (χ4v) is 5.58. The zero-order valence-corrected chi connectivity index (χ0v) is 24.6. The molecular weight excluding hydrogens is 586 g/mol. The third-order valence-electron chi connectivity index (χ3n) is 5.60. The van der Waals surface area contributed by atoms with Gasteiger partial charge in [-0.1, -0.05) is 72.9 Å². The van der Waals surface area contributed by atoms with Gasteiger partial charge in [0.1, 0.15) is 29.6 Å². The predicted molar refractivity (Wildman–Crippen MR) is 175 cm³/mol. The molecule has 0 aliphatic heterocycles. The molecule has 0 heterocycles. The monoisotopic (exact) mass is 623 g/mol. The molecule has 0 amide bonds. The molecule has 2 unspecified atom stereocenters. The van der Waals surface area contributed by atoms with Crippen molar-refractivity contribution in [3.8, 4) is 39.8 Å². The molecule has 0 aliphatic carbocycles. The molecule has 2 atom stereocenters. The van der Waals surface area contributed by atoms with Gasteiger partial charge in [0.05, 0.1) is 11.6 Å². The molecule has 0 bridgehead atoms. The van der Waals surface area contributed by atoms with E-state index in [0.717, 1.165) is 17.2 Å². The molecule has 5 nitrogen and oxygen atoms in total. The fourth-order valence-electron chi connectivity index (χ4n) is 3.58. The lowest BCUT2D eigenvalue weighted by Gasteiger charge is -2.08. The highest BCUT2D eigenvalue weighted by Gasteiger charge is 2.16. The summed E-state index contributed by atoms with van der Waals surface area (Å²) in [6.45, 7) is 4.52. The number of esters is 2. The lowest BCUT2D eigenvalue weighted by Crippen LogP contribution is -2.18. The first kappa shape index (κ1) is 37.1. The Bertz CT molecular complexity index is 1480. The zero-order chi connectivity index (χ0) is 29.6. The molecule has 0 fully saturated rings. The van der Waals surface area contributed by atoms with Gasteiger partial charge in [-0.25, -0.2) is 8.78 Å². The van der Waals surface area contributed by atoms with Crippen LogP contribution >= 0.6 is 16.5 Å². The quantitative estimate of drug-likeness (QED) is 0.0610. The molecule has 0 saturated heterocycles. The SMILES string of the molecule is C.C.CCCPPC.N#Cc1ccc(-c2ccc(OC(=O)CC(=O)Oc3ccc(-c4ccc(F)cc4)c(F)c3)cc2)cc1. The summed E-state index contributed by atoms with van der Waals surface area (Å²) >= 11 is 0. The summed E-state index contributed by atoms with van der Waals surface area (Å²) in [6.07, 6.45) is 2.16. The number of rotatable bonds is 9. The number of nitriles is 1. The number of carbonyl (C=O) groups excluding carboxylic acids is 2. The molecule has 0 radical (unpaired) electrons. The Hall–Kier alpha value is -3.97. The minimum atomic E-state index is -0.905. The molecular formula is C34H37F2NO4P2. The first-order chi connectivity index (χ1) is 19.8. The van der Waals surface area contributed by atoms with Crippen molar-refractivity contribution in [2.75, 3.05) is 12.8 Å². The number of carbonyl (C=O) groups is 2. The van der Waals surface area contributed by atoms with Crippen LogP contribution in [0.25, 0.3) is 22.3 Å². The van der Waals surface area contributed by atoms with Gasteiger partial charge in [0.15, 0.2) is 0 Å². The molecule has 9 heteroatoms. The number of nitrogens with zero attached hydrogens (tertiary/aromatic N) is 1. The van der Waals surface area contributed by atoms with Crippen LogP contribution in [0.15, 0.2) is 91.0 Å². The number of hydrogen-bond acceptors (Lipinski definition) is 5. The first-order valence-electron chi connectivity index (χ1n) is 12.8. The van der Waals surface area contributed by atoms with Gasteiger partial charge in [-0.2, -0.15) is 5.26 Å². The van der Waals surface area contributed by atoms with Gasteiger partial charge in [-0.15, -0.1) is 8.27 Å². The van der Waals surface area contributed by atoms with Gasteiger partial charge >= 0.3 is 11.9 Å². The molecule has 4 aromatic carbocycles. The maximum Gasteiger partial charge on any atom is 0.322 e. The van der Waals surface area contributed by atoms with Crippen LogP contribution in [-0.2, 0) is 9.59 Å². The number of hydrogen-bond donors (Lipinski definition) is 0. The highest BCUT2D eigenvalue weighted by atomic mass is 32.0. The third kappa shape index (κ3) is 12.0. The van der Waals surface area contributed by atoms with Crippen molar-refractivity contribution in [1.82, 2.24) is 0 Å². The number of ether oxygens (including phenoxy) is 2. The van der Waals surface area contributed by atoms with E-state index in [9.17, 15) is 18.4 Å². The summed E-state index contributed by atoms with van der Waals surface area (Å²) in [5.74, 6) is -2.66. The van der Waals surface area contributed by atoms with Crippen molar-refractivity contribution in [2.24, 2.45) is 0 Å². The maximum absolute atomic E-state index is 14.4. The van der Waals surface area contributed by atoms with Crippen molar-refractivity contribution in [3.05, 3.63) is 108 Å². The maximum atomic E-state index is 14.4. The van der Waals surface area contributed by atoms with Crippen LogP contribution in [0.3, 0.4) is 0 Å². The van der Waals surface area contributed by atoms with Crippen molar-refractivity contribution < 1.29 is 27.8 Å². The van der Waals surface area contributed by atoms with Crippen LogP contribution < -0.4 is 9.47 Å². The van der Waals surface area contributed by atoms with E-state index in [1.165, 1.54) is 65.5 Å². The van der Waals surface area contributed by atoms with E-state index in [1.54, 1.807) is 36.4 Å². The Morgan fingerprint density at radius 3 is 1.77 bits per heavy atom. The number of halogens is 2. The van der Waals surface area contributed by atoms with Crippen molar-refractivity contribution in [1.29, 1.82) is 5.26 Å². The largest absolute Gasteiger partial charge is 0.426 e. The highest BCUT2D eigenvalue weighted by molar-refractivity contribution is 8.11. The fraction of sp³-hybridized carbons (Fsp3) is 0.206. The lowest BCUT2D eigenvalue weighted by molar-refractivity contribution is -0.144. The Balaban J connectivity index is 0.00000105. The summed E-state index contributed by atoms with van der Waals surface area (Å²) in [6, 6.07) is 24.9. The average molecular weight is 624 g/mol. The Labute approximate surface area is 256 Å². The van der Waals surface area contributed by atoms with Crippen molar-refractivity contribution in [3.63, 3.8) is 0 Å². The van der Waals surface area contributed by atoms with E-state index >= 15 is 0 Å². The summed E-state index contributed by atoms with van der Waals surface area (Å²) < 4.78 is 37.7. The Morgan fingerprint density at radius 1 is 0.767 bits per heavy atom. The second kappa shape index (κ2) is 19.3. The van der Waals surface area contributed by atoms with E-state index in [2.05, 4.69) is 19.7 Å². The average Bonchev–Trinajstić information content (AvgIpc) is 2.97. The first-order valence-corrected chi connectivity index (χ1v) is 16.5. The van der Waals surface area contributed by atoms with Gasteiger partial charge < -0.3 is 9.47 Å². The van der Waals surface area contributed by atoms with E-state index in [-0.39, 0.29) is 31.9 Å². The lowest BCUT2D eigenvalue weighted by atomic mass is 10.0. The summed E-state index contributed by atoms with van der Waals surface area (Å²) in [7, 11) is 2.44. The molecule has 43 heavy (non-hydrogen) atoms. The second-order valence-corrected chi connectivity index (χ2v) is 12.6. The Morgan fingerprint density at radius 2 is 1.28 bits per heavy atom. The standard InChI is InChI=1S/C28H17F2NO4.C4H12P2.2CH4/c29-22-9-5-21(6-10-22)25-14-13-24(15-26(25)30)35-28(33)16-27(32)34-23-11-7-20(8-12-23)19-3-1-18(17-31)2-4-19;1-3-4-6-5-2;;/h1-15H,16H2;5-6H,3-4H2,1-2H3;2*1H4. The number of benzene rings is 4. The van der Waals surface area contributed by atoms with Crippen molar-refractivity contribution in [2.45, 2.75) is 34.6 Å². The van der Waals surface area contributed by atoms with Gasteiger partial charge in [0.2, 0.25) is 0 Å². The van der Waals surface area contributed by atoms with Gasteiger partial charge in [0.25, 0.3) is 0 Å². The van der Waals surface area contributed by atoms with E-state index in [0.29, 0.717) is 11.1 Å². The smallest absolute Gasteiger partial charge is 0.322 e. The molecule has 0 aromatic heterocycles. The van der Waals surface area contributed by atoms with Crippen LogP contribution in [0.5, 0.6) is 11.5 Å². The molecule has 0 aliphatic rings. The molecule has 0 N–H and O–H groups in total. The van der Waals surface area contributed by atoms with E-state index in [1.807, 2.05) is 12.1 Å². The molecule has 0 spiro atoms. The summed E-state index contributed by atoms with van der Waals surface area (Å²) in [5, 5.41) is 8.88. The zero-order valence-electron chi connectivity index (χ0n) is 22.6. The normalized spacial score (nSPS) is 10.2. The van der Waals surface area contributed by atoms with Crippen LogP contribution in [0.1, 0.15) is 40.2 Å². The predicted octanol–water partition coefficient (Wildman–Crippen LogP) is 9.64. The minimum Gasteiger partial charge on any atom is -0.426 e. The molecule has 226 valence electrons. The van der Waals surface area contributed by atoms with E-state index < -0.39 is 30.0 Å². The van der Waals surface area contributed by atoms with E-state index in [4.69, 9.17) is 14.7 Å². The summed E-state index contributed by atoms with van der Waals surface area (Å²) in [4.78, 5) is 24.2. The highest BCUT2D eigenvalue weighted by Crippen LogP contribution is 2.32. The second-order valence-electron chi connectivity index (χ2n) is 8.66. The molecule has 0 saturated carbocycles. The Kier molecular flexibility index (Phi) is 16.6. The van der Waals surface area contributed by atoms with Crippen LogP contribution in [0.4, 0.5) is 8.78 Å². The topological polar surface area (TPSA) is 76.4 Å². The molecule has 4 rings (SSSR count).